The molecule has 2 aromatic rings. The van der Waals surface area contributed by atoms with Gasteiger partial charge in [0, 0.05) is 30.8 Å². The molecule has 0 saturated carbocycles. The fourth-order valence-electron chi connectivity index (χ4n) is 4.24. The molecule has 6 nitrogen and oxygen atoms in total. The highest BCUT2D eigenvalue weighted by atomic mass is 19.1. The van der Waals surface area contributed by atoms with Crippen LogP contribution in [0.1, 0.15) is 43.0 Å². The van der Waals surface area contributed by atoms with Gasteiger partial charge < -0.3 is 21.1 Å². The first-order valence-electron chi connectivity index (χ1n) is 10.2. The van der Waals surface area contributed by atoms with Crippen molar-refractivity contribution < 1.29 is 9.13 Å². The molecule has 0 fully saturated rings. The Morgan fingerprint density at radius 1 is 1.28 bits per heavy atom. The van der Waals surface area contributed by atoms with E-state index < -0.39 is 0 Å². The summed E-state index contributed by atoms with van der Waals surface area (Å²) in [6.45, 7) is 5.33. The van der Waals surface area contributed by atoms with Gasteiger partial charge in [-0.2, -0.15) is 4.98 Å². The van der Waals surface area contributed by atoms with Crippen molar-refractivity contribution in [2.75, 3.05) is 31.2 Å². The van der Waals surface area contributed by atoms with Crippen LogP contribution < -0.4 is 21.1 Å². The van der Waals surface area contributed by atoms with Crippen LogP contribution in [0.4, 0.5) is 16.2 Å². The number of ether oxygens (including phenoxy) is 1. The molecule has 0 unspecified atom stereocenters. The van der Waals surface area contributed by atoms with Crippen molar-refractivity contribution in [3.63, 3.8) is 0 Å². The van der Waals surface area contributed by atoms with E-state index in [0.717, 1.165) is 43.4 Å². The summed E-state index contributed by atoms with van der Waals surface area (Å²) in [5.74, 6) is 1.11. The second kappa shape index (κ2) is 7.99. The number of nitrogen functional groups attached to an aromatic ring is 1. The number of rotatable bonds is 3. The van der Waals surface area contributed by atoms with E-state index in [1.165, 1.54) is 0 Å². The Balaban J connectivity index is 1.95. The van der Waals surface area contributed by atoms with Gasteiger partial charge in [-0.15, -0.1) is 0 Å². The van der Waals surface area contributed by atoms with Crippen molar-refractivity contribution in [3.8, 4) is 16.9 Å². The number of nitrogens with zero attached hydrogens (tertiary/aromatic N) is 2. The topological polar surface area (TPSA) is 85.1 Å². The van der Waals surface area contributed by atoms with Gasteiger partial charge >= 0.3 is 0 Å². The third-order valence-corrected chi connectivity index (χ3v) is 5.73. The predicted octanol–water partition coefficient (Wildman–Crippen LogP) is 3.70. The largest absolute Gasteiger partial charge is 0.493 e. The Morgan fingerprint density at radius 2 is 2.10 bits per heavy atom. The predicted molar refractivity (Wildman–Crippen MR) is 115 cm³/mol. The van der Waals surface area contributed by atoms with Gasteiger partial charge in [0.15, 0.2) is 0 Å². The lowest BCUT2D eigenvalue weighted by Crippen LogP contribution is -2.24. The summed E-state index contributed by atoms with van der Waals surface area (Å²) in [6, 6.07) is 2.30. The maximum atomic E-state index is 16.1. The van der Waals surface area contributed by atoms with Crippen LogP contribution in [0, 0.1) is 12.7 Å². The van der Waals surface area contributed by atoms with E-state index in [0.29, 0.717) is 46.6 Å². The number of nitrogens with two attached hydrogens (primary N) is 1. The number of hydrogen-bond donors (Lipinski definition) is 3. The van der Waals surface area contributed by atoms with Crippen LogP contribution in [-0.2, 0) is 6.42 Å². The zero-order chi connectivity index (χ0) is 20.5. The van der Waals surface area contributed by atoms with Gasteiger partial charge in [0.25, 0.3) is 0 Å². The van der Waals surface area contributed by atoms with Gasteiger partial charge in [0.05, 0.1) is 17.9 Å². The van der Waals surface area contributed by atoms with E-state index in [1.807, 2.05) is 13.0 Å². The first-order chi connectivity index (χ1) is 14.0. The van der Waals surface area contributed by atoms with Crippen molar-refractivity contribution in [2.45, 2.75) is 45.6 Å². The van der Waals surface area contributed by atoms with Crippen LogP contribution in [0.2, 0.25) is 0 Å². The Hall–Kier alpha value is -2.67. The van der Waals surface area contributed by atoms with E-state index >= 15 is 4.39 Å². The van der Waals surface area contributed by atoms with Crippen LogP contribution in [-0.4, -0.2) is 36.2 Å². The molecule has 2 aliphatic rings. The van der Waals surface area contributed by atoms with Crippen LogP contribution in [0.25, 0.3) is 16.7 Å². The smallest absolute Gasteiger partial charge is 0.222 e. The molecule has 0 spiro atoms. The normalized spacial score (nSPS) is 19.0. The number of halogens is 1. The minimum Gasteiger partial charge on any atom is -0.493 e. The number of nitrogens with one attached hydrogen (secondary N) is 2. The summed E-state index contributed by atoms with van der Waals surface area (Å²) in [4.78, 5) is 8.57. The van der Waals surface area contributed by atoms with Gasteiger partial charge in [-0.25, -0.2) is 9.37 Å². The lowest BCUT2D eigenvalue weighted by atomic mass is 9.89. The molecule has 154 valence electrons. The average Bonchev–Trinajstić information content (AvgIpc) is 2.91. The Labute approximate surface area is 170 Å². The lowest BCUT2D eigenvalue weighted by Gasteiger charge is -2.25. The molecule has 1 aromatic heterocycles. The van der Waals surface area contributed by atoms with E-state index in [4.69, 9.17) is 10.5 Å². The molecule has 29 heavy (non-hydrogen) atoms. The van der Waals surface area contributed by atoms with Crippen molar-refractivity contribution in [3.05, 3.63) is 34.8 Å². The second-order valence-corrected chi connectivity index (χ2v) is 7.77. The Morgan fingerprint density at radius 3 is 2.90 bits per heavy atom. The number of anilines is 2. The Bertz CT molecular complexity index is 972. The fourth-order valence-corrected chi connectivity index (χ4v) is 4.24. The summed E-state index contributed by atoms with van der Waals surface area (Å²) >= 11 is 0. The minimum atomic E-state index is -0.278. The van der Waals surface area contributed by atoms with Gasteiger partial charge in [0.2, 0.25) is 5.95 Å². The first-order valence-corrected chi connectivity index (χ1v) is 10.2. The summed E-state index contributed by atoms with van der Waals surface area (Å²) in [5.41, 5.74) is 10.2. The quantitative estimate of drug-likeness (QED) is 0.732. The van der Waals surface area contributed by atoms with Gasteiger partial charge in [-0.3, -0.25) is 0 Å². The maximum absolute atomic E-state index is 16.1. The van der Waals surface area contributed by atoms with Crippen LogP contribution >= 0.6 is 0 Å². The molecule has 0 amide bonds. The zero-order valence-corrected chi connectivity index (χ0v) is 17.2. The highest BCUT2D eigenvalue weighted by molar-refractivity contribution is 5.84. The SMILES string of the molecule is CNc1nc(N)nc(C)c1-c1cc2c(c(C3=CCN[C@@H](C)CC3)c1F)OCCC2. The number of aromatic nitrogens is 2. The van der Waals surface area contributed by atoms with E-state index in [-0.39, 0.29) is 11.8 Å². The zero-order valence-electron chi connectivity index (χ0n) is 17.2. The summed E-state index contributed by atoms with van der Waals surface area (Å²) in [5, 5.41) is 6.48. The molecule has 2 aliphatic heterocycles. The molecular weight excluding hydrogens is 369 g/mol. The summed E-state index contributed by atoms with van der Waals surface area (Å²) in [6.07, 6.45) is 5.64. The molecule has 4 N–H and O–H groups in total. The summed E-state index contributed by atoms with van der Waals surface area (Å²) in [7, 11) is 1.76. The standard InChI is InChI=1S/C22H28FN5O/c1-12-6-7-14(8-9-26-12)18-19(23)16(11-15-5-4-10-29-20(15)18)17-13(2)27-22(24)28-21(17)25-3/h8,11-12,26H,4-7,9-10H2,1-3H3,(H3,24,25,27,28)/t12-/m0/s1. The molecular formula is C22H28FN5O. The molecule has 0 aliphatic carbocycles. The number of allylic oxidation sites excluding steroid dienone is 1. The molecule has 0 radical (unpaired) electrons. The van der Waals surface area contributed by atoms with E-state index in [2.05, 4.69) is 33.6 Å². The van der Waals surface area contributed by atoms with E-state index in [9.17, 15) is 0 Å². The van der Waals surface area contributed by atoms with Crippen LogP contribution in [0.3, 0.4) is 0 Å². The molecule has 3 heterocycles. The number of benzene rings is 1. The third kappa shape index (κ3) is 3.67. The van der Waals surface area contributed by atoms with Crippen molar-refractivity contribution in [1.82, 2.24) is 15.3 Å². The monoisotopic (exact) mass is 397 g/mol. The number of aryl methyl sites for hydroxylation is 2. The lowest BCUT2D eigenvalue weighted by molar-refractivity contribution is 0.285. The Kier molecular flexibility index (Phi) is 5.41. The number of fused-ring (bicyclic) bond motifs is 1. The highest BCUT2D eigenvalue weighted by Crippen LogP contribution is 2.44. The van der Waals surface area contributed by atoms with Crippen molar-refractivity contribution >= 4 is 17.3 Å². The number of hydrogen-bond acceptors (Lipinski definition) is 6. The molecule has 7 heteroatoms. The van der Waals surface area contributed by atoms with Gasteiger partial charge in [0.1, 0.15) is 17.4 Å². The van der Waals surface area contributed by atoms with Crippen molar-refractivity contribution in [2.24, 2.45) is 0 Å². The van der Waals surface area contributed by atoms with Crippen LogP contribution in [0.15, 0.2) is 12.1 Å². The summed E-state index contributed by atoms with van der Waals surface area (Å²) < 4.78 is 22.1. The second-order valence-electron chi connectivity index (χ2n) is 7.77. The third-order valence-electron chi connectivity index (χ3n) is 5.73. The van der Waals surface area contributed by atoms with Crippen molar-refractivity contribution in [1.29, 1.82) is 0 Å². The average molecular weight is 397 g/mol. The van der Waals surface area contributed by atoms with Crippen LogP contribution in [0.5, 0.6) is 5.75 Å². The minimum absolute atomic E-state index is 0.170. The fraction of sp³-hybridized carbons (Fsp3) is 0.455. The highest BCUT2D eigenvalue weighted by Gasteiger charge is 2.28. The van der Waals surface area contributed by atoms with Gasteiger partial charge in [-0.1, -0.05) is 6.08 Å². The molecule has 0 saturated heterocycles. The molecule has 1 aromatic carbocycles. The van der Waals surface area contributed by atoms with Gasteiger partial charge in [-0.05, 0) is 56.7 Å². The van der Waals surface area contributed by atoms with E-state index in [1.54, 1.807) is 7.05 Å². The molecule has 1 atom stereocenters. The molecule has 4 rings (SSSR count). The first kappa shape index (κ1) is 19.6. The molecule has 0 bridgehead atoms. The maximum Gasteiger partial charge on any atom is 0.222 e.